The van der Waals surface area contributed by atoms with E-state index in [-0.39, 0.29) is 47.9 Å². The fourth-order valence-electron chi connectivity index (χ4n) is 7.85. The van der Waals surface area contributed by atoms with Crippen LogP contribution in [0.15, 0.2) is 42.5 Å². The number of nitrogens with one attached hydrogen (secondary N) is 2. The summed E-state index contributed by atoms with van der Waals surface area (Å²) in [6, 6.07) is 7.89. The number of imidazole rings is 2. The number of primary amides is 2. The number of fused-ring (bicyclic) bond motifs is 2. The summed E-state index contributed by atoms with van der Waals surface area (Å²) in [7, 11) is 1.47. The van der Waals surface area contributed by atoms with E-state index in [0.717, 1.165) is 24.6 Å². The lowest BCUT2D eigenvalue weighted by atomic mass is 10.1. The number of hydrogen-bond donors (Lipinski definition) is 4. The van der Waals surface area contributed by atoms with Crippen molar-refractivity contribution in [2.75, 3.05) is 57.1 Å². The van der Waals surface area contributed by atoms with Gasteiger partial charge in [0.05, 0.1) is 41.1 Å². The molecular formula is C44H53N13O7S. The zero-order chi connectivity index (χ0) is 46.5. The molecule has 0 spiro atoms. The highest BCUT2D eigenvalue weighted by Crippen LogP contribution is 2.33. The summed E-state index contributed by atoms with van der Waals surface area (Å²) in [6.45, 7) is 13.7. The van der Waals surface area contributed by atoms with Crippen LogP contribution in [-0.4, -0.2) is 120 Å². The number of benzene rings is 2. The Hall–Kier alpha value is -7.13. The lowest BCUT2D eigenvalue weighted by molar-refractivity contribution is -0.130. The molecule has 20 nitrogen and oxygen atoms in total. The summed E-state index contributed by atoms with van der Waals surface area (Å²) >= 11 is 1.28. The molecule has 6 N–H and O–H groups in total. The van der Waals surface area contributed by atoms with E-state index in [0.29, 0.717) is 94.6 Å². The van der Waals surface area contributed by atoms with Gasteiger partial charge in [0.25, 0.3) is 11.8 Å². The predicted octanol–water partition coefficient (Wildman–Crippen LogP) is 4.14. The zero-order valence-electron chi connectivity index (χ0n) is 37.3. The number of nitrogens with two attached hydrogens (primary N) is 2. The fraction of sp³-hybridized carbons (Fsp3) is 0.386. The van der Waals surface area contributed by atoms with Crippen LogP contribution in [0.25, 0.3) is 22.1 Å². The lowest BCUT2D eigenvalue weighted by Gasteiger charge is -2.34. The number of piperazine rings is 1. The number of aryl methyl sites for hydroxylation is 4. The molecule has 7 rings (SSSR count). The van der Waals surface area contributed by atoms with Crippen LogP contribution in [0.3, 0.4) is 0 Å². The van der Waals surface area contributed by atoms with E-state index in [1.807, 2.05) is 37.8 Å². The van der Waals surface area contributed by atoms with Gasteiger partial charge in [-0.15, -0.1) is 11.3 Å². The third-order valence-electron chi connectivity index (χ3n) is 11.1. The van der Waals surface area contributed by atoms with E-state index >= 15 is 0 Å². The molecule has 342 valence electrons. The normalized spacial score (nSPS) is 13.2. The first kappa shape index (κ1) is 45.9. The van der Waals surface area contributed by atoms with Gasteiger partial charge < -0.3 is 35.0 Å². The quantitative estimate of drug-likeness (QED) is 0.0702. The first-order valence-corrected chi connectivity index (χ1v) is 22.1. The Morgan fingerprint density at radius 3 is 1.94 bits per heavy atom. The van der Waals surface area contributed by atoms with Crippen LogP contribution in [0, 0.1) is 13.8 Å². The van der Waals surface area contributed by atoms with E-state index in [4.69, 9.17) is 30.9 Å². The monoisotopic (exact) mass is 907 g/mol. The number of nitrogens with zero attached hydrogens (tertiary/aromatic N) is 9. The van der Waals surface area contributed by atoms with E-state index in [9.17, 15) is 24.0 Å². The maximum Gasteiger partial charge on any atom is 0.276 e. The molecule has 0 unspecified atom stereocenters. The molecule has 4 aromatic heterocycles. The van der Waals surface area contributed by atoms with Gasteiger partial charge in [0.15, 0.2) is 0 Å². The number of ether oxygens (including phenoxy) is 2. The minimum Gasteiger partial charge on any atom is -0.494 e. The number of carbonyl (C=O) groups is 5. The molecule has 1 fully saturated rings. The highest BCUT2D eigenvalue weighted by atomic mass is 32.1. The Labute approximate surface area is 378 Å². The van der Waals surface area contributed by atoms with Crippen molar-refractivity contribution >= 4 is 74.8 Å². The Balaban J connectivity index is 1.23. The molecule has 0 bridgehead atoms. The number of thiazole rings is 1. The van der Waals surface area contributed by atoms with Crippen molar-refractivity contribution in [2.45, 2.75) is 67.1 Å². The molecule has 65 heavy (non-hydrogen) atoms. The van der Waals surface area contributed by atoms with Crippen LogP contribution in [0.5, 0.6) is 11.5 Å². The van der Waals surface area contributed by atoms with Crippen molar-refractivity contribution in [1.82, 2.24) is 43.7 Å². The van der Waals surface area contributed by atoms with Gasteiger partial charge in [-0.3, -0.25) is 44.2 Å². The third kappa shape index (κ3) is 10.00. The standard InChI is InChI=1S/C44H53N13O7S/c1-7-30-38(65-26(4)47-30)42(62)51-44-48-31-21-28(39(45)59)23-34(63-6)36(31)55(44)13-9-10-14-56-37-32(49-43(56)50-41(61)33-20-25(3)52-57(33)8-2)22-29(40(46)60)24-35(37)64-19-11-12-53-15-17-54(18-16-53)27(5)58/h9-10,20-24H,7-8,11-19H2,1-6H3,(H2,45,59)(H2,46,60)(H,48,51,62)(H,49,50,61)/b10-9+. The average Bonchev–Trinajstić information content (AvgIpc) is 4.05. The van der Waals surface area contributed by atoms with Crippen molar-refractivity contribution in [3.8, 4) is 11.5 Å². The minimum atomic E-state index is -0.673. The smallest absolute Gasteiger partial charge is 0.276 e. The maximum absolute atomic E-state index is 13.9. The second-order valence-electron chi connectivity index (χ2n) is 15.5. The van der Waals surface area contributed by atoms with Gasteiger partial charge in [-0.25, -0.2) is 15.0 Å². The molecular weight excluding hydrogens is 855 g/mol. The number of aromatic nitrogens is 7. The van der Waals surface area contributed by atoms with Gasteiger partial charge in [-0.2, -0.15) is 5.10 Å². The lowest BCUT2D eigenvalue weighted by Crippen LogP contribution is -2.48. The number of allylic oxidation sites excluding steroid dienone is 2. The summed E-state index contributed by atoms with van der Waals surface area (Å²) in [6.07, 6.45) is 4.92. The van der Waals surface area contributed by atoms with Crippen LogP contribution in [0.2, 0.25) is 0 Å². The maximum atomic E-state index is 13.9. The highest BCUT2D eigenvalue weighted by Gasteiger charge is 2.25. The number of methoxy groups -OCH3 is 1. The first-order valence-electron chi connectivity index (χ1n) is 21.3. The summed E-state index contributed by atoms with van der Waals surface area (Å²) in [5.41, 5.74) is 15.2. The molecule has 5 amide bonds. The van der Waals surface area contributed by atoms with Crippen molar-refractivity contribution in [1.29, 1.82) is 0 Å². The van der Waals surface area contributed by atoms with Gasteiger partial charge in [0.2, 0.25) is 29.6 Å². The number of amides is 5. The molecule has 21 heteroatoms. The number of hydrogen-bond acceptors (Lipinski definition) is 13. The van der Waals surface area contributed by atoms with Crippen molar-refractivity contribution < 1.29 is 33.4 Å². The van der Waals surface area contributed by atoms with Crippen molar-refractivity contribution in [3.63, 3.8) is 0 Å². The molecule has 0 saturated carbocycles. The first-order chi connectivity index (χ1) is 31.2. The van der Waals surface area contributed by atoms with Gasteiger partial charge >= 0.3 is 0 Å². The molecule has 1 aliphatic heterocycles. The van der Waals surface area contributed by atoms with E-state index in [1.165, 1.54) is 24.5 Å². The van der Waals surface area contributed by atoms with Crippen LogP contribution in [0.1, 0.15) is 84.5 Å². The van der Waals surface area contributed by atoms with Crippen molar-refractivity contribution in [2.24, 2.45) is 11.5 Å². The Morgan fingerprint density at radius 1 is 0.800 bits per heavy atom. The van der Waals surface area contributed by atoms with Gasteiger partial charge in [0, 0.05) is 70.4 Å². The average molecular weight is 908 g/mol. The molecule has 2 aromatic carbocycles. The predicted molar refractivity (Wildman–Crippen MR) is 246 cm³/mol. The van der Waals surface area contributed by atoms with Crippen LogP contribution in [-0.2, 0) is 30.8 Å². The molecule has 1 saturated heterocycles. The molecule has 6 aromatic rings. The number of anilines is 2. The van der Waals surface area contributed by atoms with E-state index in [1.54, 1.807) is 51.9 Å². The SMILES string of the molecule is CCc1nc(C)sc1C(=O)Nc1nc2cc(C(N)=O)cc(OC)c2n1C/C=C/Cn1c(NC(=O)c2cc(C)nn2CC)nc2cc(C(N)=O)cc(OCCCN3CCN(C(C)=O)CC3)c21. The second kappa shape index (κ2) is 19.7. The molecule has 5 heterocycles. The van der Waals surface area contributed by atoms with Crippen LogP contribution >= 0.6 is 11.3 Å². The number of rotatable bonds is 18. The third-order valence-corrected chi connectivity index (χ3v) is 12.1. The van der Waals surface area contributed by atoms with Gasteiger partial charge in [0.1, 0.15) is 33.1 Å². The Morgan fingerprint density at radius 2 is 1.38 bits per heavy atom. The Bertz CT molecular complexity index is 2830. The topological polar surface area (TPSA) is 253 Å². The van der Waals surface area contributed by atoms with Gasteiger partial charge in [-0.1, -0.05) is 19.1 Å². The molecule has 0 aliphatic carbocycles. The minimum absolute atomic E-state index is 0.0663. The second-order valence-corrected chi connectivity index (χ2v) is 16.7. The van der Waals surface area contributed by atoms with Crippen LogP contribution < -0.4 is 31.6 Å². The fourth-order valence-corrected chi connectivity index (χ4v) is 8.76. The van der Waals surface area contributed by atoms with Crippen LogP contribution in [0.4, 0.5) is 11.9 Å². The molecule has 0 radical (unpaired) electrons. The zero-order valence-corrected chi connectivity index (χ0v) is 38.1. The highest BCUT2D eigenvalue weighted by molar-refractivity contribution is 7.13. The summed E-state index contributed by atoms with van der Waals surface area (Å²) < 4.78 is 17.2. The summed E-state index contributed by atoms with van der Waals surface area (Å²) in [5.74, 6) is -1.06. The van der Waals surface area contributed by atoms with E-state index < -0.39 is 17.7 Å². The van der Waals surface area contributed by atoms with Gasteiger partial charge in [-0.05, 0) is 63.9 Å². The molecule has 0 atom stereocenters. The summed E-state index contributed by atoms with van der Waals surface area (Å²) in [5, 5.41) is 11.1. The molecule has 1 aliphatic rings. The Kier molecular flexibility index (Phi) is 13.9. The largest absolute Gasteiger partial charge is 0.494 e. The number of carbonyl (C=O) groups excluding carboxylic acids is 5. The summed E-state index contributed by atoms with van der Waals surface area (Å²) in [4.78, 5) is 82.9. The van der Waals surface area contributed by atoms with Crippen molar-refractivity contribution in [3.05, 3.63) is 80.6 Å². The van der Waals surface area contributed by atoms with E-state index in [2.05, 4.69) is 25.6 Å².